The van der Waals surface area contributed by atoms with E-state index in [9.17, 15) is 29.8 Å². The number of nitrogens with one attached hydrogen (secondary N) is 1. The van der Waals surface area contributed by atoms with Crippen molar-refractivity contribution in [2.24, 2.45) is 5.73 Å². The lowest BCUT2D eigenvalue weighted by Gasteiger charge is -2.11. The molecule has 2 amide bonds. The van der Waals surface area contributed by atoms with E-state index in [-0.39, 0.29) is 22.6 Å². The van der Waals surface area contributed by atoms with Gasteiger partial charge in [-0.2, -0.15) is 5.10 Å². The number of nitrogens with zero attached hydrogens (tertiary/aromatic N) is 4. The molecule has 3 N–H and O–H groups in total. The van der Waals surface area contributed by atoms with E-state index < -0.39 is 33.0 Å². The molecule has 0 aliphatic heterocycles. The van der Waals surface area contributed by atoms with Gasteiger partial charge in [-0.05, 0) is 30.3 Å². The topological polar surface area (TPSA) is 176 Å². The first-order valence-corrected chi connectivity index (χ1v) is 8.44. The molecule has 0 spiro atoms. The number of nitro groups is 2. The van der Waals surface area contributed by atoms with Crippen molar-refractivity contribution in [2.45, 2.75) is 0 Å². The molecule has 1 aromatic heterocycles. The summed E-state index contributed by atoms with van der Waals surface area (Å²) in [5.74, 6) is -1.85. The zero-order valence-corrected chi connectivity index (χ0v) is 15.6. The summed E-state index contributed by atoms with van der Waals surface area (Å²) in [6, 6.07) is 8.65. The molecule has 13 heteroatoms. The molecule has 152 valence electrons. The second-order valence-electron chi connectivity index (χ2n) is 5.83. The minimum atomic E-state index is -0.947. The lowest BCUT2D eigenvalue weighted by Crippen LogP contribution is -2.20. The van der Waals surface area contributed by atoms with Crippen molar-refractivity contribution < 1.29 is 19.4 Å². The highest BCUT2D eigenvalue weighted by Gasteiger charge is 2.26. The number of halogens is 1. The molecule has 0 bridgehead atoms. The number of primary amides is 1. The molecule has 0 unspecified atom stereocenters. The Kier molecular flexibility index (Phi) is 5.42. The monoisotopic (exact) mass is 430 g/mol. The molecule has 0 radical (unpaired) electrons. The quantitative estimate of drug-likeness (QED) is 0.445. The molecule has 1 heterocycles. The molecule has 2 aromatic carbocycles. The smallest absolute Gasteiger partial charge is 0.301 e. The summed E-state index contributed by atoms with van der Waals surface area (Å²) in [4.78, 5) is 45.1. The molecule has 3 rings (SSSR count). The first kappa shape index (κ1) is 20.4. The normalized spacial score (nSPS) is 10.4. The van der Waals surface area contributed by atoms with E-state index in [1.807, 2.05) is 0 Å². The van der Waals surface area contributed by atoms with Crippen LogP contribution in [-0.4, -0.2) is 31.4 Å². The van der Waals surface area contributed by atoms with Crippen LogP contribution in [0.15, 0.2) is 48.7 Å². The number of rotatable bonds is 6. The summed E-state index contributed by atoms with van der Waals surface area (Å²) in [6.07, 6.45) is 1.02. The maximum atomic E-state index is 12.6. The first-order chi connectivity index (χ1) is 14.2. The summed E-state index contributed by atoms with van der Waals surface area (Å²) in [7, 11) is 0. The Labute approximate surface area is 172 Å². The van der Waals surface area contributed by atoms with Gasteiger partial charge < -0.3 is 11.1 Å². The van der Waals surface area contributed by atoms with Crippen LogP contribution in [0.5, 0.6) is 0 Å². The summed E-state index contributed by atoms with van der Waals surface area (Å²) in [6.45, 7) is 0. The lowest BCUT2D eigenvalue weighted by atomic mass is 10.2. The Balaban J connectivity index is 2.12. The van der Waals surface area contributed by atoms with Crippen LogP contribution in [0.2, 0.25) is 5.02 Å². The Hall–Kier alpha value is -4.32. The van der Waals surface area contributed by atoms with E-state index in [2.05, 4.69) is 10.4 Å². The van der Waals surface area contributed by atoms with E-state index in [1.165, 1.54) is 24.3 Å². The minimum Gasteiger partial charge on any atom is -0.365 e. The van der Waals surface area contributed by atoms with Crippen molar-refractivity contribution in [3.05, 3.63) is 85.0 Å². The van der Waals surface area contributed by atoms with E-state index >= 15 is 0 Å². The standard InChI is InChI=1S/C17H11ClN6O6/c18-10-3-1-9(2-4-10)17(26)21-16-12(15(19)25)8-20-22(16)13-6-5-11(23(27)28)7-14(13)24(29)30/h1-8H,(H2,19,25)(H,21,26). The van der Waals surface area contributed by atoms with Gasteiger partial charge in [0.05, 0.1) is 22.1 Å². The molecular formula is C17H11ClN6O6. The molecule has 0 atom stereocenters. The summed E-state index contributed by atoms with van der Waals surface area (Å²) < 4.78 is 0.899. The number of non-ortho nitro benzene ring substituents is 1. The van der Waals surface area contributed by atoms with Crippen molar-refractivity contribution in [1.29, 1.82) is 0 Å². The molecule has 0 fully saturated rings. The molecule has 0 saturated heterocycles. The molecule has 0 aliphatic rings. The molecule has 3 aromatic rings. The highest BCUT2D eigenvalue weighted by atomic mass is 35.5. The van der Waals surface area contributed by atoms with Crippen molar-refractivity contribution in [3.63, 3.8) is 0 Å². The third-order valence-corrected chi connectivity index (χ3v) is 4.22. The van der Waals surface area contributed by atoms with Crippen LogP contribution in [0, 0.1) is 20.2 Å². The van der Waals surface area contributed by atoms with E-state index in [0.29, 0.717) is 5.02 Å². The van der Waals surface area contributed by atoms with Crippen LogP contribution in [0.25, 0.3) is 5.69 Å². The van der Waals surface area contributed by atoms with Crippen molar-refractivity contribution in [1.82, 2.24) is 9.78 Å². The highest BCUT2D eigenvalue weighted by molar-refractivity contribution is 6.30. The SMILES string of the molecule is NC(=O)c1cnn(-c2ccc([N+](=O)[O-])cc2[N+](=O)[O-])c1NC(=O)c1ccc(Cl)cc1. The maximum absolute atomic E-state index is 12.6. The van der Waals surface area contributed by atoms with Gasteiger partial charge in [0.1, 0.15) is 17.1 Å². The fraction of sp³-hybridized carbons (Fsp3) is 0. The number of anilines is 1. The molecule has 0 saturated carbocycles. The van der Waals surface area contributed by atoms with Crippen molar-refractivity contribution in [2.75, 3.05) is 5.32 Å². The van der Waals surface area contributed by atoms with Gasteiger partial charge in [0.15, 0.2) is 0 Å². The van der Waals surface area contributed by atoms with Gasteiger partial charge in [0.2, 0.25) is 0 Å². The number of nitro benzene ring substituents is 2. The predicted molar refractivity (Wildman–Crippen MR) is 105 cm³/mol. The number of aromatic nitrogens is 2. The van der Waals surface area contributed by atoms with Crippen LogP contribution in [0.4, 0.5) is 17.2 Å². The number of benzene rings is 2. The second-order valence-corrected chi connectivity index (χ2v) is 6.27. The van der Waals surface area contributed by atoms with E-state index in [0.717, 1.165) is 29.1 Å². The summed E-state index contributed by atoms with van der Waals surface area (Å²) >= 11 is 5.79. The predicted octanol–water partition coefficient (Wildman–Crippen LogP) is 2.69. The average molecular weight is 431 g/mol. The van der Waals surface area contributed by atoms with E-state index in [1.54, 1.807) is 0 Å². The van der Waals surface area contributed by atoms with Crippen molar-refractivity contribution >= 4 is 40.6 Å². The van der Waals surface area contributed by atoms with Crippen LogP contribution in [0.3, 0.4) is 0 Å². The van der Waals surface area contributed by atoms with Crippen LogP contribution >= 0.6 is 11.6 Å². The zero-order chi connectivity index (χ0) is 22.0. The molecular weight excluding hydrogens is 420 g/mol. The van der Waals surface area contributed by atoms with Gasteiger partial charge >= 0.3 is 5.69 Å². The Morgan fingerprint density at radius 1 is 1.07 bits per heavy atom. The first-order valence-electron chi connectivity index (χ1n) is 8.07. The zero-order valence-electron chi connectivity index (χ0n) is 14.8. The fourth-order valence-corrected chi connectivity index (χ4v) is 2.69. The maximum Gasteiger partial charge on any atom is 0.301 e. The summed E-state index contributed by atoms with van der Waals surface area (Å²) in [5.41, 5.74) is 3.89. The molecule has 12 nitrogen and oxygen atoms in total. The Morgan fingerprint density at radius 3 is 2.30 bits per heavy atom. The van der Waals surface area contributed by atoms with Gasteiger partial charge in [0, 0.05) is 16.7 Å². The number of amides is 2. The molecule has 30 heavy (non-hydrogen) atoms. The number of hydrogen-bond acceptors (Lipinski definition) is 7. The van der Waals surface area contributed by atoms with Gasteiger partial charge in [-0.15, -0.1) is 0 Å². The number of hydrogen-bond donors (Lipinski definition) is 2. The second kappa shape index (κ2) is 7.97. The van der Waals surface area contributed by atoms with Crippen molar-refractivity contribution in [3.8, 4) is 5.69 Å². The highest BCUT2D eigenvalue weighted by Crippen LogP contribution is 2.31. The third kappa shape index (κ3) is 3.93. The Bertz CT molecular complexity index is 1190. The number of carbonyl (C=O) groups is 2. The lowest BCUT2D eigenvalue weighted by molar-refractivity contribution is -0.394. The number of carbonyl (C=O) groups excluding carboxylic acids is 2. The van der Waals surface area contributed by atoms with Gasteiger partial charge in [-0.3, -0.25) is 29.8 Å². The van der Waals surface area contributed by atoms with Crippen LogP contribution in [0.1, 0.15) is 20.7 Å². The largest absolute Gasteiger partial charge is 0.365 e. The minimum absolute atomic E-state index is 0.181. The molecule has 0 aliphatic carbocycles. The van der Waals surface area contributed by atoms with Gasteiger partial charge in [-0.25, -0.2) is 4.68 Å². The third-order valence-electron chi connectivity index (χ3n) is 3.97. The van der Waals surface area contributed by atoms with Gasteiger partial charge in [-0.1, -0.05) is 11.6 Å². The van der Waals surface area contributed by atoms with Crippen LogP contribution in [-0.2, 0) is 0 Å². The number of nitrogens with two attached hydrogens (primary N) is 1. The fourth-order valence-electron chi connectivity index (χ4n) is 2.56. The van der Waals surface area contributed by atoms with Gasteiger partial charge in [0.25, 0.3) is 17.5 Å². The summed E-state index contributed by atoms with van der Waals surface area (Å²) in [5, 5.41) is 29.1. The Morgan fingerprint density at radius 2 is 1.73 bits per heavy atom. The average Bonchev–Trinajstić information content (AvgIpc) is 3.11. The van der Waals surface area contributed by atoms with Crippen LogP contribution < -0.4 is 11.1 Å². The van der Waals surface area contributed by atoms with E-state index in [4.69, 9.17) is 17.3 Å².